The van der Waals surface area contributed by atoms with E-state index in [0.29, 0.717) is 18.9 Å². The molecule has 1 N–H and O–H groups in total. The summed E-state index contributed by atoms with van der Waals surface area (Å²) in [5.41, 5.74) is 0.472. The maximum atomic E-state index is 9.63. The van der Waals surface area contributed by atoms with E-state index in [2.05, 4.69) is 40.0 Å². The monoisotopic (exact) mass is 353 g/mol. The Hall–Kier alpha value is -1.13. The van der Waals surface area contributed by atoms with Gasteiger partial charge in [0.15, 0.2) is 0 Å². The molecule has 21 heavy (non-hydrogen) atoms. The summed E-state index contributed by atoms with van der Waals surface area (Å²) in [6, 6.07) is 6.08. The molecule has 0 saturated carbocycles. The number of benzene rings is 1. The molecule has 1 aromatic heterocycles. The molecule has 0 atom stereocenters. The summed E-state index contributed by atoms with van der Waals surface area (Å²) >= 11 is 3.51. The molecule has 0 aliphatic heterocycles. The van der Waals surface area contributed by atoms with E-state index in [1.807, 2.05) is 19.9 Å². The zero-order chi connectivity index (χ0) is 16.0. The van der Waals surface area contributed by atoms with E-state index in [-0.39, 0.29) is 0 Å². The van der Waals surface area contributed by atoms with Crippen molar-refractivity contribution in [2.24, 2.45) is 0 Å². The summed E-state index contributed by atoms with van der Waals surface area (Å²) in [5.74, 6) is 0.596. The van der Waals surface area contributed by atoms with Gasteiger partial charge in [0.2, 0.25) is 5.88 Å². The molecule has 4 heteroatoms. The molecule has 116 valence electrons. The van der Waals surface area contributed by atoms with Crippen molar-refractivity contribution in [1.29, 1.82) is 0 Å². The van der Waals surface area contributed by atoms with Crippen LogP contribution in [-0.2, 0) is 0 Å². The summed E-state index contributed by atoms with van der Waals surface area (Å²) < 4.78 is 6.66. The Morgan fingerprint density at radius 2 is 1.86 bits per heavy atom. The van der Waals surface area contributed by atoms with E-state index >= 15 is 0 Å². The molecule has 3 nitrogen and oxygen atoms in total. The molecule has 0 unspecified atom stereocenters. The van der Waals surface area contributed by atoms with Crippen LogP contribution in [0.5, 0.6) is 5.88 Å². The van der Waals surface area contributed by atoms with E-state index in [1.165, 1.54) is 5.56 Å². The average molecular weight is 354 g/mol. The van der Waals surface area contributed by atoms with Crippen LogP contribution in [0, 0.1) is 6.92 Å². The fraction of sp³-hybridized carbons (Fsp3) is 0.471. The molecule has 0 amide bonds. The molecule has 2 aromatic rings. The molecule has 0 saturated heterocycles. The van der Waals surface area contributed by atoms with Crippen LogP contribution in [0.15, 0.2) is 28.9 Å². The van der Waals surface area contributed by atoms with Gasteiger partial charge in [-0.1, -0.05) is 35.8 Å². The standard InChI is InChI=1S/C15H18BrNO2.C2H6/c1-10-6-11-8-14(19-5-4-15(2,3)18)17-9-12(11)7-13(10)16;1-2/h6-9,18H,4-5H2,1-3H3;1-2H3. The van der Waals surface area contributed by atoms with Crippen LogP contribution in [0.3, 0.4) is 0 Å². The normalized spacial score (nSPS) is 11.0. The number of fused-ring (bicyclic) bond motifs is 1. The van der Waals surface area contributed by atoms with E-state index in [9.17, 15) is 5.11 Å². The Morgan fingerprint density at radius 1 is 1.19 bits per heavy atom. The van der Waals surface area contributed by atoms with Crippen molar-refractivity contribution in [2.45, 2.75) is 46.6 Å². The van der Waals surface area contributed by atoms with Crippen LogP contribution in [0.1, 0.15) is 39.7 Å². The first kappa shape index (κ1) is 17.9. The predicted molar refractivity (Wildman–Crippen MR) is 91.9 cm³/mol. The van der Waals surface area contributed by atoms with Gasteiger partial charge in [-0.15, -0.1) is 0 Å². The number of rotatable bonds is 4. The van der Waals surface area contributed by atoms with E-state index < -0.39 is 5.60 Å². The number of aliphatic hydroxyl groups is 1. The van der Waals surface area contributed by atoms with Crippen LogP contribution in [0.25, 0.3) is 10.8 Å². The molecule has 2 rings (SSSR count). The summed E-state index contributed by atoms with van der Waals surface area (Å²) in [5, 5.41) is 11.8. The quantitative estimate of drug-likeness (QED) is 0.852. The second-order valence-electron chi connectivity index (χ2n) is 5.38. The third-order valence-corrected chi connectivity index (χ3v) is 3.79. The third kappa shape index (κ3) is 5.64. The topological polar surface area (TPSA) is 42.4 Å². The van der Waals surface area contributed by atoms with E-state index in [1.54, 1.807) is 20.0 Å². The maximum Gasteiger partial charge on any atom is 0.213 e. The number of halogens is 1. The summed E-state index contributed by atoms with van der Waals surface area (Å²) in [6.45, 7) is 10.0. The number of hydrogen-bond acceptors (Lipinski definition) is 3. The van der Waals surface area contributed by atoms with Crippen LogP contribution in [0.2, 0.25) is 0 Å². The highest BCUT2D eigenvalue weighted by atomic mass is 79.9. The number of nitrogens with zero attached hydrogens (tertiary/aromatic N) is 1. The predicted octanol–water partition coefficient (Wildman–Crippen LogP) is 4.87. The van der Waals surface area contributed by atoms with Gasteiger partial charge in [0.05, 0.1) is 12.2 Å². The Balaban J connectivity index is 0.00000106. The molecule has 1 heterocycles. The molecule has 1 aromatic carbocycles. The second-order valence-corrected chi connectivity index (χ2v) is 6.24. The molecule has 0 aliphatic rings. The first-order chi connectivity index (χ1) is 9.85. The molecular formula is C17H24BrNO2. The smallest absolute Gasteiger partial charge is 0.213 e. The first-order valence-electron chi connectivity index (χ1n) is 7.26. The largest absolute Gasteiger partial charge is 0.478 e. The lowest BCUT2D eigenvalue weighted by Crippen LogP contribution is -2.21. The van der Waals surface area contributed by atoms with Gasteiger partial charge in [0, 0.05) is 28.5 Å². The van der Waals surface area contributed by atoms with Crippen molar-refractivity contribution in [3.05, 3.63) is 34.4 Å². The van der Waals surface area contributed by atoms with Gasteiger partial charge in [0.1, 0.15) is 0 Å². The Kier molecular flexibility index (Phi) is 6.62. The molecule has 0 spiro atoms. The fourth-order valence-corrected chi connectivity index (χ4v) is 2.10. The number of aryl methyl sites for hydroxylation is 1. The average Bonchev–Trinajstić information content (AvgIpc) is 2.41. The highest BCUT2D eigenvalue weighted by molar-refractivity contribution is 9.10. The Labute approximate surface area is 135 Å². The zero-order valence-corrected chi connectivity index (χ0v) is 15.0. The van der Waals surface area contributed by atoms with Crippen molar-refractivity contribution < 1.29 is 9.84 Å². The van der Waals surface area contributed by atoms with Crippen molar-refractivity contribution >= 4 is 26.7 Å². The third-order valence-electron chi connectivity index (χ3n) is 2.94. The van der Waals surface area contributed by atoms with Crippen molar-refractivity contribution in [3.8, 4) is 5.88 Å². The highest BCUT2D eigenvalue weighted by Gasteiger charge is 2.12. The van der Waals surface area contributed by atoms with Gasteiger partial charge in [-0.05, 0) is 37.8 Å². The zero-order valence-electron chi connectivity index (χ0n) is 13.4. The van der Waals surface area contributed by atoms with E-state index in [0.717, 1.165) is 15.2 Å². The molecule has 0 fully saturated rings. The number of ether oxygens (including phenoxy) is 1. The van der Waals surface area contributed by atoms with Gasteiger partial charge in [-0.3, -0.25) is 0 Å². The lowest BCUT2D eigenvalue weighted by Gasteiger charge is -2.16. The van der Waals surface area contributed by atoms with Gasteiger partial charge in [-0.25, -0.2) is 4.98 Å². The van der Waals surface area contributed by atoms with Crippen LogP contribution >= 0.6 is 15.9 Å². The van der Waals surface area contributed by atoms with Crippen LogP contribution < -0.4 is 4.74 Å². The molecule has 0 aliphatic carbocycles. The van der Waals surface area contributed by atoms with Gasteiger partial charge < -0.3 is 9.84 Å². The first-order valence-corrected chi connectivity index (χ1v) is 8.05. The van der Waals surface area contributed by atoms with Gasteiger partial charge in [-0.2, -0.15) is 0 Å². The maximum absolute atomic E-state index is 9.63. The Bertz CT molecular complexity index is 591. The molecular weight excluding hydrogens is 330 g/mol. The minimum Gasteiger partial charge on any atom is -0.478 e. The van der Waals surface area contributed by atoms with Crippen molar-refractivity contribution in [2.75, 3.05) is 6.61 Å². The molecule has 0 radical (unpaired) electrons. The Morgan fingerprint density at radius 3 is 2.48 bits per heavy atom. The van der Waals surface area contributed by atoms with Crippen molar-refractivity contribution in [3.63, 3.8) is 0 Å². The van der Waals surface area contributed by atoms with Crippen LogP contribution in [-0.4, -0.2) is 22.3 Å². The highest BCUT2D eigenvalue weighted by Crippen LogP contribution is 2.25. The number of hydrogen-bond donors (Lipinski definition) is 1. The summed E-state index contributed by atoms with van der Waals surface area (Å²) in [6.07, 6.45) is 2.38. The van der Waals surface area contributed by atoms with Gasteiger partial charge >= 0.3 is 0 Å². The minimum absolute atomic E-state index is 0.456. The SMILES string of the molecule is CC.Cc1cc2cc(OCCC(C)(C)O)ncc2cc1Br. The fourth-order valence-electron chi connectivity index (χ4n) is 1.74. The van der Waals surface area contributed by atoms with E-state index in [4.69, 9.17) is 4.74 Å². The second kappa shape index (κ2) is 7.76. The van der Waals surface area contributed by atoms with Gasteiger partial charge in [0.25, 0.3) is 0 Å². The minimum atomic E-state index is -0.710. The van der Waals surface area contributed by atoms with Crippen LogP contribution in [0.4, 0.5) is 0 Å². The number of aromatic nitrogens is 1. The summed E-state index contributed by atoms with van der Waals surface area (Å²) in [4.78, 5) is 4.27. The lowest BCUT2D eigenvalue weighted by atomic mass is 10.1. The lowest BCUT2D eigenvalue weighted by molar-refractivity contribution is 0.0547. The molecule has 0 bridgehead atoms. The number of pyridine rings is 1. The summed E-state index contributed by atoms with van der Waals surface area (Å²) in [7, 11) is 0. The van der Waals surface area contributed by atoms with Crippen molar-refractivity contribution in [1.82, 2.24) is 4.98 Å².